The fourth-order valence-corrected chi connectivity index (χ4v) is 2.13. The van der Waals surface area contributed by atoms with Gasteiger partial charge in [0, 0.05) is 24.3 Å². The Balaban J connectivity index is 2.01. The van der Waals surface area contributed by atoms with E-state index in [1.807, 2.05) is 39.0 Å². The highest BCUT2D eigenvalue weighted by Gasteiger charge is 2.13. The van der Waals surface area contributed by atoms with Gasteiger partial charge in [0.2, 0.25) is 11.8 Å². The fraction of sp³-hybridized carbons (Fsp3) is 0.438. The second-order valence-corrected chi connectivity index (χ2v) is 5.39. The minimum atomic E-state index is -0.159. The summed E-state index contributed by atoms with van der Waals surface area (Å²) in [5.41, 5.74) is 1.91. The van der Waals surface area contributed by atoms with Gasteiger partial charge in [-0.3, -0.25) is 9.59 Å². The molecule has 0 aliphatic heterocycles. The zero-order valence-corrected chi connectivity index (χ0v) is 12.7. The Bertz CT molecular complexity index is 661. The summed E-state index contributed by atoms with van der Waals surface area (Å²) in [6.45, 7) is 5.95. The van der Waals surface area contributed by atoms with E-state index < -0.39 is 0 Å². The first-order valence-electron chi connectivity index (χ1n) is 7.28. The van der Waals surface area contributed by atoms with Crippen molar-refractivity contribution in [3.05, 3.63) is 30.0 Å². The van der Waals surface area contributed by atoms with Gasteiger partial charge in [-0.2, -0.15) is 5.10 Å². The van der Waals surface area contributed by atoms with E-state index in [-0.39, 0.29) is 30.7 Å². The summed E-state index contributed by atoms with van der Waals surface area (Å²) >= 11 is 0. The summed E-state index contributed by atoms with van der Waals surface area (Å²) in [7, 11) is 0. The monoisotopic (exact) mass is 287 g/mol. The van der Waals surface area contributed by atoms with Gasteiger partial charge in [-0.05, 0) is 32.4 Å². The molecule has 1 N–H and O–H groups in total. The number of hydrogen-bond acceptors (Lipinski definition) is 3. The third kappa shape index (κ3) is 3.68. The number of benzene rings is 1. The number of rotatable bonds is 5. The van der Waals surface area contributed by atoms with Crippen molar-refractivity contribution in [2.24, 2.45) is 0 Å². The maximum absolute atomic E-state index is 12.2. The van der Waals surface area contributed by atoms with E-state index in [1.54, 1.807) is 6.20 Å². The van der Waals surface area contributed by atoms with E-state index in [1.165, 1.54) is 4.68 Å². The first-order valence-corrected chi connectivity index (χ1v) is 7.28. The van der Waals surface area contributed by atoms with Crippen LogP contribution in [-0.2, 0) is 4.79 Å². The average molecular weight is 287 g/mol. The molecule has 0 aliphatic rings. The van der Waals surface area contributed by atoms with Gasteiger partial charge in [0.1, 0.15) is 0 Å². The zero-order chi connectivity index (χ0) is 15.4. The van der Waals surface area contributed by atoms with Crippen LogP contribution in [0.1, 0.15) is 43.5 Å². The van der Waals surface area contributed by atoms with E-state index in [0.717, 1.165) is 22.9 Å². The predicted molar refractivity (Wildman–Crippen MR) is 82.2 cm³/mol. The van der Waals surface area contributed by atoms with Gasteiger partial charge in [0.25, 0.3) is 0 Å². The molecular weight excluding hydrogens is 266 g/mol. The van der Waals surface area contributed by atoms with E-state index >= 15 is 0 Å². The lowest BCUT2D eigenvalue weighted by atomic mass is 10.2. The van der Waals surface area contributed by atoms with Gasteiger partial charge in [0.05, 0.1) is 11.7 Å². The molecule has 0 bridgehead atoms. The number of carbonyl (C=O) groups is 2. The molecular formula is C16H21N3O2. The van der Waals surface area contributed by atoms with Crippen LogP contribution < -0.4 is 5.32 Å². The highest BCUT2D eigenvalue weighted by Crippen LogP contribution is 2.15. The Morgan fingerprint density at radius 2 is 2.10 bits per heavy atom. The molecule has 21 heavy (non-hydrogen) atoms. The minimum Gasteiger partial charge on any atom is -0.354 e. The van der Waals surface area contributed by atoms with Crippen molar-refractivity contribution in [2.75, 3.05) is 0 Å². The molecule has 1 amide bonds. The van der Waals surface area contributed by atoms with Crippen molar-refractivity contribution < 1.29 is 9.59 Å². The van der Waals surface area contributed by atoms with E-state index in [0.29, 0.717) is 0 Å². The number of fused-ring (bicyclic) bond motifs is 1. The van der Waals surface area contributed by atoms with Crippen LogP contribution in [0.25, 0.3) is 10.9 Å². The molecule has 0 fully saturated rings. The van der Waals surface area contributed by atoms with Crippen molar-refractivity contribution in [2.45, 2.75) is 46.1 Å². The summed E-state index contributed by atoms with van der Waals surface area (Å²) in [6.07, 6.45) is 2.91. The van der Waals surface area contributed by atoms with Gasteiger partial charge in [-0.1, -0.05) is 18.6 Å². The van der Waals surface area contributed by atoms with Gasteiger partial charge in [0.15, 0.2) is 0 Å². The van der Waals surface area contributed by atoms with Crippen LogP contribution in [0.15, 0.2) is 24.4 Å². The molecule has 0 saturated carbocycles. The molecule has 5 heteroatoms. The molecule has 0 saturated heterocycles. The number of aryl methyl sites for hydroxylation is 1. The van der Waals surface area contributed by atoms with Crippen molar-refractivity contribution in [1.29, 1.82) is 0 Å². The number of carbonyl (C=O) groups excluding carboxylic acids is 2. The van der Waals surface area contributed by atoms with Gasteiger partial charge < -0.3 is 5.32 Å². The standard InChI is InChI=1S/C16H21N3O2/c1-4-12(3)18-15(20)7-8-16(21)19-14-6-5-11(2)9-13(14)10-17-19/h5-6,9-10,12H,4,7-8H2,1-3H3,(H,18,20)/t12-/m1/s1. The molecule has 5 nitrogen and oxygen atoms in total. The van der Waals surface area contributed by atoms with Crippen molar-refractivity contribution in [3.8, 4) is 0 Å². The van der Waals surface area contributed by atoms with Crippen molar-refractivity contribution in [1.82, 2.24) is 15.1 Å². The summed E-state index contributed by atoms with van der Waals surface area (Å²) in [4.78, 5) is 23.9. The lowest BCUT2D eigenvalue weighted by molar-refractivity contribution is -0.121. The highest BCUT2D eigenvalue weighted by molar-refractivity contribution is 5.92. The van der Waals surface area contributed by atoms with Crippen LogP contribution in [0.4, 0.5) is 0 Å². The lowest BCUT2D eigenvalue weighted by Gasteiger charge is -2.10. The lowest BCUT2D eigenvalue weighted by Crippen LogP contribution is -2.32. The Labute approximate surface area is 124 Å². The third-order valence-electron chi connectivity index (χ3n) is 3.55. The van der Waals surface area contributed by atoms with Gasteiger partial charge in [-0.25, -0.2) is 4.68 Å². The number of aromatic nitrogens is 2. The second kappa shape index (κ2) is 6.52. The second-order valence-electron chi connectivity index (χ2n) is 5.39. The molecule has 0 aliphatic carbocycles. The maximum Gasteiger partial charge on any atom is 0.247 e. The SMILES string of the molecule is CC[C@@H](C)NC(=O)CCC(=O)n1ncc2cc(C)ccc21. The van der Waals surface area contributed by atoms with Crippen LogP contribution in [0.2, 0.25) is 0 Å². The maximum atomic E-state index is 12.2. The fourth-order valence-electron chi connectivity index (χ4n) is 2.13. The number of hydrogen-bond donors (Lipinski definition) is 1. The normalized spacial score (nSPS) is 12.3. The molecule has 1 aromatic heterocycles. The molecule has 1 aromatic carbocycles. The zero-order valence-electron chi connectivity index (χ0n) is 12.7. The van der Waals surface area contributed by atoms with E-state index in [2.05, 4.69) is 10.4 Å². The molecule has 2 aromatic rings. The summed E-state index contributed by atoms with van der Waals surface area (Å²) in [5, 5.41) is 7.92. The highest BCUT2D eigenvalue weighted by atomic mass is 16.2. The van der Waals surface area contributed by atoms with Crippen molar-refractivity contribution in [3.63, 3.8) is 0 Å². The molecule has 0 spiro atoms. The minimum absolute atomic E-state index is 0.0926. The van der Waals surface area contributed by atoms with E-state index in [4.69, 9.17) is 0 Å². The average Bonchev–Trinajstić information content (AvgIpc) is 2.87. The van der Waals surface area contributed by atoms with Crippen LogP contribution in [0.3, 0.4) is 0 Å². The van der Waals surface area contributed by atoms with Crippen LogP contribution in [0, 0.1) is 6.92 Å². The number of amides is 1. The Hall–Kier alpha value is -2.17. The largest absolute Gasteiger partial charge is 0.354 e. The van der Waals surface area contributed by atoms with Gasteiger partial charge in [-0.15, -0.1) is 0 Å². The van der Waals surface area contributed by atoms with Gasteiger partial charge >= 0.3 is 0 Å². The quantitative estimate of drug-likeness (QED) is 0.919. The van der Waals surface area contributed by atoms with Crippen LogP contribution in [-0.4, -0.2) is 27.6 Å². The molecule has 2 rings (SSSR count). The number of nitrogens with zero attached hydrogens (tertiary/aromatic N) is 2. The smallest absolute Gasteiger partial charge is 0.247 e. The summed E-state index contributed by atoms with van der Waals surface area (Å²) < 4.78 is 1.38. The summed E-state index contributed by atoms with van der Waals surface area (Å²) in [5.74, 6) is -0.252. The predicted octanol–water partition coefficient (Wildman–Crippen LogP) is 2.68. The Morgan fingerprint density at radius 1 is 1.33 bits per heavy atom. The Morgan fingerprint density at radius 3 is 2.81 bits per heavy atom. The third-order valence-corrected chi connectivity index (χ3v) is 3.55. The topological polar surface area (TPSA) is 64.0 Å². The molecule has 1 heterocycles. The van der Waals surface area contributed by atoms with Crippen LogP contribution in [0.5, 0.6) is 0 Å². The van der Waals surface area contributed by atoms with Crippen molar-refractivity contribution >= 4 is 22.7 Å². The molecule has 0 unspecified atom stereocenters. The van der Waals surface area contributed by atoms with E-state index in [9.17, 15) is 9.59 Å². The first kappa shape index (κ1) is 15.2. The van der Waals surface area contributed by atoms with Crippen LogP contribution >= 0.6 is 0 Å². The molecule has 1 atom stereocenters. The Kier molecular flexibility index (Phi) is 4.73. The molecule has 112 valence electrons. The summed E-state index contributed by atoms with van der Waals surface area (Å²) in [6, 6.07) is 5.96. The number of nitrogens with one attached hydrogen (secondary N) is 1. The molecule has 0 radical (unpaired) electrons. The first-order chi connectivity index (χ1) is 10.0.